The van der Waals surface area contributed by atoms with Crippen molar-refractivity contribution in [3.8, 4) is 5.75 Å². The molecule has 1 amide bonds. The van der Waals surface area contributed by atoms with Crippen molar-refractivity contribution in [1.82, 2.24) is 9.80 Å². The third-order valence-electron chi connectivity index (χ3n) is 6.35. The Balaban J connectivity index is 1.56. The van der Waals surface area contributed by atoms with E-state index in [1.165, 1.54) is 0 Å². The van der Waals surface area contributed by atoms with Crippen LogP contribution in [0.15, 0.2) is 82.0 Å². The molecule has 1 aliphatic rings. The molecule has 0 unspecified atom stereocenters. The van der Waals surface area contributed by atoms with Gasteiger partial charge in [-0.05, 0) is 68.5 Å². The van der Waals surface area contributed by atoms with Gasteiger partial charge in [0.25, 0.3) is 5.91 Å². The smallest absolute Gasteiger partial charge is 0.290 e. The highest BCUT2D eigenvalue weighted by molar-refractivity contribution is 6.31. The first-order chi connectivity index (χ1) is 17.4. The Morgan fingerprint density at radius 2 is 1.81 bits per heavy atom. The molecule has 3 aromatic carbocycles. The van der Waals surface area contributed by atoms with Gasteiger partial charge in [-0.15, -0.1) is 0 Å². The molecule has 0 bridgehead atoms. The Morgan fingerprint density at radius 3 is 2.58 bits per heavy atom. The molecule has 0 saturated heterocycles. The molecule has 0 N–H and O–H groups in total. The summed E-state index contributed by atoms with van der Waals surface area (Å²) in [7, 11) is 3.99. The maximum Gasteiger partial charge on any atom is 0.290 e. The van der Waals surface area contributed by atoms with Crippen molar-refractivity contribution in [2.45, 2.75) is 19.1 Å². The van der Waals surface area contributed by atoms with Crippen molar-refractivity contribution in [1.29, 1.82) is 0 Å². The van der Waals surface area contributed by atoms with Crippen LogP contribution < -0.4 is 10.2 Å². The van der Waals surface area contributed by atoms with Gasteiger partial charge in [0.05, 0.1) is 17.0 Å². The van der Waals surface area contributed by atoms with E-state index in [1.54, 1.807) is 23.1 Å². The zero-order valence-electron chi connectivity index (χ0n) is 20.2. The summed E-state index contributed by atoms with van der Waals surface area (Å²) in [4.78, 5) is 31.0. The summed E-state index contributed by atoms with van der Waals surface area (Å²) in [5.74, 6) is 0.484. The van der Waals surface area contributed by atoms with Crippen molar-refractivity contribution in [3.05, 3.63) is 110 Å². The van der Waals surface area contributed by atoms with E-state index in [0.717, 1.165) is 24.1 Å². The normalized spacial score (nSPS) is 15.1. The first-order valence-corrected chi connectivity index (χ1v) is 12.3. The molecular weight excluding hydrogens is 476 g/mol. The number of hydrogen-bond acceptors (Lipinski definition) is 5. The minimum absolute atomic E-state index is 0.0975. The topological polar surface area (TPSA) is 63.0 Å². The number of ether oxygens (including phenoxy) is 1. The van der Waals surface area contributed by atoms with Crippen LogP contribution in [0.25, 0.3) is 11.0 Å². The van der Waals surface area contributed by atoms with Crippen LogP contribution in [0.5, 0.6) is 5.75 Å². The average molecular weight is 503 g/mol. The highest BCUT2D eigenvalue weighted by atomic mass is 35.5. The summed E-state index contributed by atoms with van der Waals surface area (Å²) in [6.07, 6.45) is 0.757. The second-order valence-electron chi connectivity index (χ2n) is 9.22. The van der Waals surface area contributed by atoms with Gasteiger partial charge in [-0.3, -0.25) is 9.59 Å². The molecule has 0 radical (unpaired) electrons. The zero-order chi connectivity index (χ0) is 25.2. The molecule has 5 rings (SSSR count). The lowest BCUT2D eigenvalue weighted by atomic mass is 9.98. The second kappa shape index (κ2) is 10.2. The van der Waals surface area contributed by atoms with E-state index in [-0.39, 0.29) is 17.1 Å². The lowest BCUT2D eigenvalue weighted by Gasteiger charge is -2.26. The lowest BCUT2D eigenvalue weighted by molar-refractivity contribution is 0.0722. The maximum absolute atomic E-state index is 13.7. The van der Waals surface area contributed by atoms with Gasteiger partial charge in [0.2, 0.25) is 5.76 Å². The van der Waals surface area contributed by atoms with Gasteiger partial charge in [-0.25, -0.2) is 0 Å². The molecular formula is C29H27ClN2O4. The number of benzene rings is 3. The number of carbonyl (C=O) groups is 1. The fraction of sp³-hybridized carbons (Fsp3) is 0.241. The van der Waals surface area contributed by atoms with E-state index in [4.69, 9.17) is 20.8 Å². The predicted molar refractivity (Wildman–Crippen MR) is 141 cm³/mol. The lowest BCUT2D eigenvalue weighted by Crippen LogP contribution is -2.32. The molecule has 0 fully saturated rings. The number of carbonyl (C=O) groups excluding carboxylic acids is 1. The molecule has 7 heteroatoms. The summed E-state index contributed by atoms with van der Waals surface area (Å²) >= 11 is 6.18. The predicted octanol–water partition coefficient (Wildman–Crippen LogP) is 5.52. The minimum Gasteiger partial charge on any atom is -0.489 e. The van der Waals surface area contributed by atoms with Crippen molar-refractivity contribution < 1.29 is 13.9 Å². The number of fused-ring (bicyclic) bond motifs is 2. The molecule has 1 aliphatic heterocycles. The summed E-state index contributed by atoms with van der Waals surface area (Å²) in [6, 6.07) is 21.8. The van der Waals surface area contributed by atoms with Crippen LogP contribution in [0.2, 0.25) is 5.02 Å². The van der Waals surface area contributed by atoms with E-state index < -0.39 is 6.04 Å². The van der Waals surface area contributed by atoms with Gasteiger partial charge in [-0.1, -0.05) is 54.1 Å². The first-order valence-electron chi connectivity index (χ1n) is 11.9. The number of rotatable bonds is 8. The molecule has 36 heavy (non-hydrogen) atoms. The van der Waals surface area contributed by atoms with Gasteiger partial charge in [0, 0.05) is 11.6 Å². The Labute approximate surface area is 214 Å². The number of amides is 1. The summed E-state index contributed by atoms with van der Waals surface area (Å²) < 4.78 is 12.0. The summed E-state index contributed by atoms with van der Waals surface area (Å²) in [6.45, 7) is 1.71. The van der Waals surface area contributed by atoms with Crippen LogP contribution >= 0.6 is 11.6 Å². The fourth-order valence-electron chi connectivity index (χ4n) is 4.64. The molecule has 4 aromatic rings. The third kappa shape index (κ3) is 4.74. The summed E-state index contributed by atoms with van der Waals surface area (Å²) in [5, 5.41) is 0.806. The fourth-order valence-corrected chi connectivity index (χ4v) is 4.81. The summed E-state index contributed by atoms with van der Waals surface area (Å²) in [5.41, 5.74) is 2.31. The Bertz CT molecular complexity index is 1470. The number of hydrogen-bond donors (Lipinski definition) is 0. The maximum atomic E-state index is 13.7. The number of halogens is 1. The average Bonchev–Trinajstić information content (AvgIpc) is 3.15. The molecule has 1 aromatic heterocycles. The highest BCUT2D eigenvalue weighted by Gasteiger charge is 2.42. The van der Waals surface area contributed by atoms with E-state index in [0.29, 0.717) is 40.5 Å². The van der Waals surface area contributed by atoms with Crippen LogP contribution in [0.4, 0.5) is 0 Å². The SMILES string of the molecule is CN(C)CCCN1C(=O)c2oc3ccc(Cl)cc3c(=O)c2[C@@H]1c1cccc(OCc2ccccc2)c1. The standard InChI is InChI=1S/C29H27ClN2O4/c1-31(2)14-7-15-32-26(20-10-6-11-22(16-20)35-18-19-8-4-3-5-9-19)25-27(33)23-17-21(30)12-13-24(23)36-28(25)29(32)34/h3-6,8-13,16-17,26H,7,14-15,18H2,1-2H3/t26-/m0/s1. The van der Waals surface area contributed by atoms with Gasteiger partial charge in [0.1, 0.15) is 17.9 Å². The molecule has 184 valence electrons. The van der Waals surface area contributed by atoms with E-state index in [1.807, 2.05) is 68.7 Å². The molecule has 2 heterocycles. The largest absolute Gasteiger partial charge is 0.489 e. The monoisotopic (exact) mass is 502 g/mol. The van der Waals surface area contributed by atoms with E-state index >= 15 is 0 Å². The molecule has 1 atom stereocenters. The van der Waals surface area contributed by atoms with Crippen LogP contribution in [-0.4, -0.2) is 42.9 Å². The molecule has 0 saturated carbocycles. The van der Waals surface area contributed by atoms with Crippen LogP contribution in [0.1, 0.15) is 39.7 Å². The second-order valence-corrected chi connectivity index (χ2v) is 9.66. The van der Waals surface area contributed by atoms with E-state index in [2.05, 4.69) is 4.90 Å². The first kappa shape index (κ1) is 24.1. The molecule has 0 spiro atoms. The van der Waals surface area contributed by atoms with Gasteiger partial charge < -0.3 is 19.0 Å². The van der Waals surface area contributed by atoms with Crippen molar-refractivity contribution in [3.63, 3.8) is 0 Å². The van der Waals surface area contributed by atoms with Crippen molar-refractivity contribution in [2.24, 2.45) is 0 Å². The van der Waals surface area contributed by atoms with Crippen LogP contribution in [0, 0.1) is 0 Å². The Morgan fingerprint density at radius 1 is 1.00 bits per heavy atom. The third-order valence-corrected chi connectivity index (χ3v) is 6.59. The Kier molecular flexibility index (Phi) is 6.81. The van der Waals surface area contributed by atoms with E-state index in [9.17, 15) is 9.59 Å². The van der Waals surface area contributed by atoms with Gasteiger partial charge in [-0.2, -0.15) is 0 Å². The quantitative estimate of drug-likeness (QED) is 0.317. The van der Waals surface area contributed by atoms with Crippen LogP contribution in [0.3, 0.4) is 0 Å². The highest BCUT2D eigenvalue weighted by Crippen LogP contribution is 2.39. The Hall–Kier alpha value is -3.61. The number of nitrogens with zero attached hydrogens (tertiary/aromatic N) is 2. The zero-order valence-corrected chi connectivity index (χ0v) is 21.0. The van der Waals surface area contributed by atoms with Gasteiger partial charge >= 0.3 is 0 Å². The van der Waals surface area contributed by atoms with Crippen molar-refractivity contribution >= 4 is 28.5 Å². The molecule has 6 nitrogen and oxygen atoms in total. The molecule has 0 aliphatic carbocycles. The van der Waals surface area contributed by atoms with Crippen LogP contribution in [-0.2, 0) is 6.61 Å². The minimum atomic E-state index is -0.574. The van der Waals surface area contributed by atoms with Crippen molar-refractivity contribution in [2.75, 3.05) is 27.2 Å². The van der Waals surface area contributed by atoms with Gasteiger partial charge in [0.15, 0.2) is 5.43 Å².